The number of thiazole rings is 1. The zero-order chi connectivity index (χ0) is 19.2. The molecule has 0 saturated heterocycles. The molecule has 1 aromatic carbocycles. The number of carbonyl (C=O) groups is 1. The Morgan fingerprint density at radius 3 is 2.59 bits per heavy atom. The van der Waals surface area contributed by atoms with Crippen LogP contribution in [0.4, 0.5) is 13.2 Å². The van der Waals surface area contributed by atoms with E-state index in [2.05, 4.69) is 10.1 Å². The van der Waals surface area contributed by atoms with Gasteiger partial charge in [0.25, 0.3) is 5.91 Å². The van der Waals surface area contributed by atoms with Crippen LogP contribution in [0, 0.1) is 0 Å². The summed E-state index contributed by atoms with van der Waals surface area (Å²) in [5.74, 6) is -0.0850. The molecule has 0 spiro atoms. The van der Waals surface area contributed by atoms with Gasteiger partial charge >= 0.3 is 6.18 Å². The fraction of sp³-hybridized carbons (Fsp3) is 0.278. The molecule has 140 valence electrons. The average Bonchev–Trinajstić information content (AvgIpc) is 3.26. The Kier molecular flexibility index (Phi) is 4.26. The highest BCUT2D eigenvalue weighted by Crippen LogP contribution is 2.34. The zero-order valence-corrected chi connectivity index (χ0v) is 15.1. The van der Waals surface area contributed by atoms with Crippen LogP contribution in [0.2, 0.25) is 0 Å². The van der Waals surface area contributed by atoms with Crippen molar-refractivity contribution < 1.29 is 18.0 Å². The van der Waals surface area contributed by atoms with Crippen molar-refractivity contribution >= 4 is 17.2 Å². The highest BCUT2D eigenvalue weighted by Gasteiger charge is 2.30. The van der Waals surface area contributed by atoms with E-state index in [0.29, 0.717) is 35.6 Å². The van der Waals surface area contributed by atoms with E-state index in [9.17, 15) is 18.0 Å². The van der Waals surface area contributed by atoms with E-state index < -0.39 is 11.7 Å². The maximum absolute atomic E-state index is 12.7. The van der Waals surface area contributed by atoms with Crippen molar-refractivity contribution in [1.82, 2.24) is 19.7 Å². The van der Waals surface area contributed by atoms with Crippen LogP contribution in [0.15, 0.2) is 36.7 Å². The third-order valence-electron chi connectivity index (χ3n) is 4.43. The standard InChI is InChI=1S/C18H15F3N4OS/c1-24-9-12(8-22-24)17(26)25-7-6-14-15(10-25)27-16(23-14)11-2-4-13(5-3-11)18(19,20)21/h2-5,8-9H,6-7,10H2,1H3. The van der Waals surface area contributed by atoms with Crippen LogP contribution >= 0.6 is 11.3 Å². The first-order chi connectivity index (χ1) is 12.8. The molecule has 27 heavy (non-hydrogen) atoms. The minimum absolute atomic E-state index is 0.0850. The van der Waals surface area contributed by atoms with Gasteiger partial charge in [0.2, 0.25) is 0 Å². The Morgan fingerprint density at radius 1 is 1.22 bits per heavy atom. The molecular weight excluding hydrogens is 377 g/mol. The number of benzene rings is 1. The Bertz CT molecular complexity index is 991. The van der Waals surface area contributed by atoms with Crippen molar-refractivity contribution in [2.45, 2.75) is 19.1 Å². The maximum Gasteiger partial charge on any atom is 0.416 e. The number of hydrogen-bond donors (Lipinski definition) is 0. The molecule has 0 saturated carbocycles. The summed E-state index contributed by atoms with van der Waals surface area (Å²) in [6, 6.07) is 5.00. The van der Waals surface area contributed by atoms with Crippen molar-refractivity contribution in [1.29, 1.82) is 0 Å². The SMILES string of the molecule is Cn1cc(C(=O)N2CCc3nc(-c4ccc(C(F)(F)F)cc4)sc3C2)cn1. The van der Waals surface area contributed by atoms with Crippen molar-refractivity contribution in [2.75, 3.05) is 6.54 Å². The van der Waals surface area contributed by atoms with E-state index in [-0.39, 0.29) is 5.91 Å². The molecule has 4 rings (SSSR count). The first-order valence-corrected chi connectivity index (χ1v) is 9.07. The van der Waals surface area contributed by atoms with Gasteiger partial charge in [-0.1, -0.05) is 12.1 Å². The quantitative estimate of drug-likeness (QED) is 0.667. The molecule has 3 aromatic rings. The van der Waals surface area contributed by atoms with Gasteiger partial charge in [-0.05, 0) is 12.1 Å². The third-order valence-corrected chi connectivity index (χ3v) is 5.56. The molecule has 0 fully saturated rings. The molecule has 0 bridgehead atoms. The summed E-state index contributed by atoms with van der Waals surface area (Å²) >= 11 is 1.42. The summed E-state index contributed by atoms with van der Waals surface area (Å²) in [6.45, 7) is 0.998. The monoisotopic (exact) mass is 392 g/mol. The number of nitrogens with zero attached hydrogens (tertiary/aromatic N) is 4. The van der Waals surface area contributed by atoms with Crippen LogP contribution in [-0.2, 0) is 26.2 Å². The van der Waals surface area contributed by atoms with E-state index in [0.717, 1.165) is 22.7 Å². The summed E-state index contributed by atoms with van der Waals surface area (Å²) in [6.07, 6.45) is -0.511. The highest BCUT2D eigenvalue weighted by molar-refractivity contribution is 7.15. The molecule has 0 N–H and O–H groups in total. The second-order valence-corrected chi connectivity index (χ2v) is 7.43. The topological polar surface area (TPSA) is 51.0 Å². The Morgan fingerprint density at radius 2 is 1.96 bits per heavy atom. The van der Waals surface area contributed by atoms with Crippen LogP contribution in [0.5, 0.6) is 0 Å². The highest BCUT2D eigenvalue weighted by atomic mass is 32.1. The number of fused-ring (bicyclic) bond motifs is 1. The Hall–Kier alpha value is -2.68. The molecule has 0 aliphatic carbocycles. The van der Waals surface area contributed by atoms with Crippen molar-refractivity contribution in [3.63, 3.8) is 0 Å². The minimum Gasteiger partial charge on any atom is -0.333 e. The molecule has 1 aliphatic rings. The fourth-order valence-corrected chi connectivity index (χ4v) is 4.14. The van der Waals surface area contributed by atoms with Gasteiger partial charge in [-0.25, -0.2) is 4.98 Å². The second kappa shape index (κ2) is 6.49. The first kappa shape index (κ1) is 17.7. The number of halogens is 3. The number of hydrogen-bond acceptors (Lipinski definition) is 4. The van der Waals surface area contributed by atoms with E-state index >= 15 is 0 Å². The van der Waals surface area contributed by atoms with Crippen molar-refractivity contribution in [2.24, 2.45) is 7.05 Å². The zero-order valence-electron chi connectivity index (χ0n) is 14.3. The molecule has 1 amide bonds. The average molecular weight is 392 g/mol. The Balaban J connectivity index is 1.54. The second-order valence-electron chi connectivity index (χ2n) is 6.34. The van der Waals surface area contributed by atoms with Gasteiger partial charge in [0.15, 0.2) is 0 Å². The number of carbonyl (C=O) groups excluding carboxylic acids is 1. The molecule has 0 radical (unpaired) electrons. The third kappa shape index (κ3) is 3.46. The van der Waals surface area contributed by atoms with Crippen LogP contribution in [0.3, 0.4) is 0 Å². The lowest BCUT2D eigenvalue weighted by Gasteiger charge is -2.25. The molecule has 1 aliphatic heterocycles. The van der Waals surface area contributed by atoms with Gasteiger partial charge in [0, 0.05) is 36.7 Å². The minimum atomic E-state index is -4.35. The predicted molar refractivity (Wildman–Crippen MR) is 94.2 cm³/mol. The molecule has 2 aromatic heterocycles. The van der Waals surface area contributed by atoms with Crippen LogP contribution in [0.25, 0.3) is 10.6 Å². The lowest BCUT2D eigenvalue weighted by Crippen LogP contribution is -2.35. The maximum atomic E-state index is 12.7. The molecule has 5 nitrogen and oxygen atoms in total. The van der Waals surface area contributed by atoms with Gasteiger partial charge in [0.1, 0.15) is 5.01 Å². The summed E-state index contributed by atoms with van der Waals surface area (Å²) in [5.41, 5.74) is 1.41. The van der Waals surface area contributed by atoms with Crippen LogP contribution < -0.4 is 0 Å². The number of aryl methyl sites for hydroxylation is 1. The summed E-state index contributed by atoms with van der Waals surface area (Å²) < 4.78 is 39.7. The predicted octanol–water partition coefficient (Wildman–Crippen LogP) is 3.76. The van der Waals surface area contributed by atoms with Crippen LogP contribution in [0.1, 0.15) is 26.5 Å². The lowest BCUT2D eigenvalue weighted by atomic mass is 10.1. The summed E-state index contributed by atoms with van der Waals surface area (Å²) in [4.78, 5) is 19.9. The largest absolute Gasteiger partial charge is 0.416 e. The molecule has 3 heterocycles. The smallest absolute Gasteiger partial charge is 0.333 e. The number of alkyl halides is 3. The Labute approximate surface area is 157 Å². The number of amides is 1. The van der Waals surface area contributed by atoms with Crippen molar-refractivity contribution in [3.05, 3.63) is 58.4 Å². The van der Waals surface area contributed by atoms with Crippen molar-refractivity contribution in [3.8, 4) is 10.6 Å². The number of aromatic nitrogens is 3. The summed E-state index contributed by atoms with van der Waals surface area (Å²) in [7, 11) is 1.75. The van der Waals surface area contributed by atoms with Gasteiger partial charge in [-0.2, -0.15) is 18.3 Å². The normalized spacial score (nSPS) is 14.3. The van der Waals surface area contributed by atoms with E-state index in [1.165, 1.54) is 29.7 Å². The summed E-state index contributed by atoms with van der Waals surface area (Å²) in [5, 5.41) is 4.70. The molecule has 9 heteroatoms. The van der Waals surface area contributed by atoms with E-state index in [1.54, 1.807) is 22.8 Å². The van der Waals surface area contributed by atoms with Gasteiger partial charge < -0.3 is 4.90 Å². The molecule has 0 unspecified atom stereocenters. The molecule has 0 atom stereocenters. The van der Waals surface area contributed by atoms with Gasteiger partial charge in [-0.3, -0.25) is 9.48 Å². The lowest BCUT2D eigenvalue weighted by molar-refractivity contribution is -0.137. The number of rotatable bonds is 2. The fourth-order valence-electron chi connectivity index (χ4n) is 3.01. The van der Waals surface area contributed by atoms with Gasteiger partial charge in [-0.15, -0.1) is 11.3 Å². The first-order valence-electron chi connectivity index (χ1n) is 8.25. The van der Waals surface area contributed by atoms with Crippen LogP contribution in [-0.4, -0.2) is 32.1 Å². The van der Waals surface area contributed by atoms with E-state index in [1.807, 2.05) is 0 Å². The molecular formula is C18H15F3N4OS. The van der Waals surface area contributed by atoms with Gasteiger partial charge in [0.05, 0.1) is 29.6 Å². The van der Waals surface area contributed by atoms with E-state index in [4.69, 9.17) is 0 Å².